The molecule has 4 aromatic heterocycles. The fourth-order valence-corrected chi connectivity index (χ4v) is 15.7. The van der Waals surface area contributed by atoms with Gasteiger partial charge in [-0.05, 0) is 61.4 Å². The third-order valence-corrected chi connectivity index (χ3v) is 22.6. The van der Waals surface area contributed by atoms with E-state index in [1.165, 1.54) is 12.9 Å². The zero-order chi connectivity index (χ0) is 59.6. The normalized spacial score (nSPS) is 18.7. The van der Waals surface area contributed by atoms with Crippen LogP contribution in [0.25, 0.3) is 43.6 Å². The SMILES string of the molecule is CN(C)S(=O)(=O)N1CCN(c2cccc3[nH]ncc23)CC1.NS(=O)(=O)N1CCN(c2cccc3[nH]ncc23)CC1.O=S(=O)(C1CC1)N1CCN(c2cccc3[nH]ncc23)CC1.O=S(=O)(CC(F)(F)F)N1CCN(c2cccc3[nH]ncc23)CC1. The molecule has 0 amide bonds. The first-order valence-electron chi connectivity index (χ1n) is 27.1. The number of benzene rings is 4. The predicted octanol–water partition coefficient (Wildman–Crippen LogP) is 3.13. The van der Waals surface area contributed by atoms with Crippen LogP contribution >= 0.6 is 0 Å². The number of aromatic nitrogens is 8. The van der Waals surface area contributed by atoms with Crippen LogP contribution in [-0.4, -0.2) is 232 Å². The fourth-order valence-electron chi connectivity index (χ4n) is 10.8. The van der Waals surface area contributed by atoms with Crippen molar-refractivity contribution in [2.75, 3.05) is 144 Å². The summed E-state index contributed by atoms with van der Waals surface area (Å²) >= 11 is 0. The molecule has 1 saturated carbocycles. The van der Waals surface area contributed by atoms with Crippen LogP contribution in [0.4, 0.5) is 35.9 Å². The molecule has 8 aromatic rings. The number of sulfonamides is 2. The third-order valence-electron chi connectivity index (χ3n) is 15.4. The summed E-state index contributed by atoms with van der Waals surface area (Å²) in [6.07, 6.45) is 4.05. The molecule has 26 nitrogen and oxygen atoms in total. The van der Waals surface area contributed by atoms with Gasteiger partial charge in [-0.25, -0.2) is 22.0 Å². The predicted molar refractivity (Wildman–Crippen MR) is 317 cm³/mol. The molecule has 454 valence electrons. The van der Waals surface area contributed by atoms with Crippen LogP contribution in [0.3, 0.4) is 0 Å². The lowest BCUT2D eigenvalue weighted by molar-refractivity contribution is -0.107. The summed E-state index contributed by atoms with van der Waals surface area (Å²) in [6.45, 7) is 7.77. The minimum absolute atomic E-state index is 0.0344. The van der Waals surface area contributed by atoms with Crippen molar-refractivity contribution in [1.82, 2.24) is 62.3 Å². The summed E-state index contributed by atoms with van der Waals surface area (Å²) in [5.41, 5.74) is 8.04. The van der Waals surface area contributed by atoms with E-state index in [0.717, 1.165) is 96.6 Å². The van der Waals surface area contributed by atoms with Crippen LogP contribution in [0.1, 0.15) is 12.8 Å². The van der Waals surface area contributed by atoms with Gasteiger partial charge >= 0.3 is 6.18 Å². The topological polar surface area (TPSA) is 306 Å². The minimum atomic E-state index is -4.72. The molecule has 4 saturated heterocycles. The Morgan fingerprint density at radius 2 is 0.762 bits per heavy atom. The van der Waals surface area contributed by atoms with E-state index >= 15 is 0 Å². The van der Waals surface area contributed by atoms with E-state index in [9.17, 15) is 46.8 Å². The minimum Gasteiger partial charge on any atom is -0.368 e. The fraction of sp³-hybridized carbons (Fsp3) is 0.451. The molecule has 6 N–H and O–H groups in total. The molecule has 33 heteroatoms. The van der Waals surface area contributed by atoms with Gasteiger partial charge in [-0.15, -0.1) is 0 Å². The number of nitrogens with two attached hydrogens (primary N) is 1. The first-order chi connectivity index (χ1) is 40.0. The van der Waals surface area contributed by atoms with Crippen molar-refractivity contribution in [3.05, 3.63) is 97.6 Å². The maximum Gasteiger partial charge on any atom is 0.404 e. The number of anilines is 4. The number of aromatic amines is 4. The van der Waals surface area contributed by atoms with Crippen LogP contribution in [0.5, 0.6) is 0 Å². The molecule has 0 atom stereocenters. The monoisotopic (exact) mass is 1240 g/mol. The lowest BCUT2D eigenvalue weighted by atomic mass is 10.2. The van der Waals surface area contributed by atoms with Crippen LogP contribution in [0.2, 0.25) is 0 Å². The summed E-state index contributed by atoms with van der Waals surface area (Å²) in [5.74, 6) is -1.81. The van der Waals surface area contributed by atoms with Crippen LogP contribution < -0.4 is 24.7 Å². The highest BCUT2D eigenvalue weighted by Gasteiger charge is 2.42. The van der Waals surface area contributed by atoms with Gasteiger partial charge in [-0.3, -0.25) is 20.4 Å². The van der Waals surface area contributed by atoms with E-state index in [1.807, 2.05) is 84.0 Å². The molecule has 4 aromatic carbocycles. The summed E-state index contributed by atoms with van der Waals surface area (Å²) in [6, 6.07) is 23.6. The van der Waals surface area contributed by atoms with E-state index in [4.69, 9.17) is 5.14 Å². The Bertz CT molecular complexity index is 3890. The number of H-pyrrole nitrogens is 4. The smallest absolute Gasteiger partial charge is 0.368 e. The highest BCUT2D eigenvalue weighted by Crippen LogP contribution is 2.34. The number of halogens is 3. The van der Waals surface area contributed by atoms with Gasteiger partial charge in [0.05, 0.1) is 52.1 Å². The van der Waals surface area contributed by atoms with Crippen LogP contribution in [0, 0.1) is 0 Å². The van der Waals surface area contributed by atoms with Gasteiger partial charge in [-0.1, -0.05) is 24.3 Å². The molecule has 84 heavy (non-hydrogen) atoms. The summed E-state index contributed by atoms with van der Waals surface area (Å²) in [5, 5.41) is 37.0. The van der Waals surface area contributed by atoms with Crippen molar-refractivity contribution in [3.63, 3.8) is 0 Å². The molecule has 1 aliphatic carbocycles. The van der Waals surface area contributed by atoms with Gasteiger partial charge in [0.25, 0.3) is 20.4 Å². The van der Waals surface area contributed by atoms with Gasteiger partial charge in [0, 0.05) is 163 Å². The number of hydrogen-bond acceptors (Lipinski definition) is 16. The van der Waals surface area contributed by atoms with Gasteiger partial charge in [0.15, 0.2) is 5.75 Å². The number of piperazine rings is 4. The Balaban J connectivity index is 0.000000125. The van der Waals surface area contributed by atoms with Gasteiger partial charge in [-0.2, -0.15) is 71.9 Å². The maximum atomic E-state index is 12.4. The summed E-state index contributed by atoms with van der Waals surface area (Å²) in [4.78, 5) is 8.56. The van der Waals surface area contributed by atoms with Gasteiger partial charge < -0.3 is 19.6 Å². The number of fused-ring (bicyclic) bond motifs is 4. The number of nitrogens with zero attached hydrogens (tertiary/aromatic N) is 13. The molecule has 0 spiro atoms. The first-order valence-corrected chi connectivity index (χ1v) is 33.2. The number of rotatable bonds is 11. The molecule has 0 unspecified atom stereocenters. The maximum absolute atomic E-state index is 12.4. The Morgan fingerprint density at radius 1 is 0.464 bits per heavy atom. The summed E-state index contributed by atoms with van der Waals surface area (Å²) in [7, 11) is -11.1. The van der Waals surface area contributed by atoms with E-state index in [0.29, 0.717) is 78.5 Å². The average Bonchev–Trinajstić information content (AvgIpc) is 3.17. The lowest BCUT2D eigenvalue weighted by Gasteiger charge is -2.36. The van der Waals surface area contributed by atoms with Crippen LogP contribution in [-0.2, 0) is 40.5 Å². The molecule has 8 heterocycles. The third kappa shape index (κ3) is 13.7. The zero-order valence-electron chi connectivity index (χ0n) is 46.2. The van der Waals surface area contributed by atoms with Crippen molar-refractivity contribution >= 4 is 107 Å². The number of hydrogen-bond donors (Lipinski definition) is 5. The van der Waals surface area contributed by atoms with E-state index < -0.39 is 52.4 Å². The van der Waals surface area contributed by atoms with Crippen LogP contribution in [0.15, 0.2) is 97.6 Å². The second-order valence-corrected chi connectivity index (χ2v) is 28.8. The lowest BCUT2D eigenvalue weighted by Crippen LogP contribution is -2.51. The van der Waals surface area contributed by atoms with Crippen molar-refractivity contribution < 1.29 is 46.8 Å². The van der Waals surface area contributed by atoms with E-state index in [1.54, 1.807) is 30.8 Å². The second-order valence-electron chi connectivity index (χ2n) is 20.9. The zero-order valence-corrected chi connectivity index (χ0v) is 49.4. The molecular formula is C51H67F3N18O8S4. The van der Waals surface area contributed by atoms with E-state index in [-0.39, 0.29) is 18.3 Å². The second kappa shape index (κ2) is 24.7. The Labute approximate surface area is 484 Å². The van der Waals surface area contributed by atoms with Crippen molar-refractivity contribution in [3.8, 4) is 0 Å². The average molecular weight is 1250 g/mol. The van der Waals surface area contributed by atoms with Crippen molar-refractivity contribution in [2.24, 2.45) is 5.14 Å². The number of alkyl halides is 3. The Morgan fingerprint density at radius 3 is 1.05 bits per heavy atom. The first kappa shape index (κ1) is 60.4. The molecule has 5 fully saturated rings. The van der Waals surface area contributed by atoms with Gasteiger partial charge in [0.2, 0.25) is 20.0 Å². The highest BCUT2D eigenvalue weighted by atomic mass is 32.2. The standard InChI is InChI=1S/C14H18N4O2S.C13H15F3N4O2S.C13H19N5O2S.C11H15N5O2S/c19-21(20,11-4-5-11)18-8-6-17(7-9-18)14-3-1-2-13-12(14)10-15-16-13;14-13(15,16)9-23(21,22)20-6-4-19(5-7-20)12-3-1-2-11-10(12)8-17-18-11;1-16(2)21(19,20)18-8-6-17(7-9-18)13-5-3-4-12-11(13)10-14-15-12;12-19(17,18)16-6-4-15(5-7-16)11-3-1-2-10-9(11)8-13-14-10/h1-3,10-11H,4-9H2,(H,15,16);1-3,8H,4-7,9H2,(H,17,18);3-5,10H,6-9H2,1-2H3,(H,14,15);1-3,8H,4-7H2,(H,13,14)(H2,12,17,18). The van der Waals surface area contributed by atoms with E-state index in [2.05, 4.69) is 61.6 Å². The Kier molecular flexibility index (Phi) is 17.8. The molecule has 13 rings (SSSR count). The van der Waals surface area contributed by atoms with Crippen molar-refractivity contribution in [2.45, 2.75) is 24.3 Å². The molecule has 5 aliphatic rings. The molecule has 4 aliphatic heterocycles. The molecule has 0 radical (unpaired) electrons. The number of nitrogens with one attached hydrogen (secondary N) is 4. The largest absolute Gasteiger partial charge is 0.404 e. The Hall–Kier alpha value is -6.69. The van der Waals surface area contributed by atoms with Crippen molar-refractivity contribution in [1.29, 1.82) is 0 Å². The van der Waals surface area contributed by atoms with Gasteiger partial charge in [0.1, 0.15) is 0 Å². The highest BCUT2D eigenvalue weighted by molar-refractivity contribution is 7.90. The molecule has 0 bridgehead atoms. The molecular weight excluding hydrogens is 1180 g/mol. The summed E-state index contributed by atoms with van der Waals surface area (Å²) < 4.78 is 139. The quantitative estimate of drug-likeness (QED) is 0.124.